The van der Waals surface area contributed by atoms with E-state index in [4.69, 9.17) is 4.52 Å². The van der Waals surface area contributed by atoms with Crippen molar-refractivity contribution in [3.8, 4) is 0 Å². The maximum Gasteiger partial charge on any atom is 0.151 e. The summed E-state index contributed by atoms with van der Waals surface area (Å²) in [6.07, 6.45) is 1.65. The van der Waals surface area contributed by atoms with E-state index in [2.05, 4.69) is 10.5 Å². The minimum Gasteiger partial charge on any atom is -0.361 e. The van der Waals surface area contributed by atoms with Crippen LogP contribution in [0.3, 0.4) is 0 Å². The smallest absolute Gasteiger partial charge is 0.151 e. The van der Waals surface area contributed by atoms with Gasteiger partial charge in [0.1, 0.15) is 5.76 Å². The molecule has 0 aromatic carbocycles. The second-order valence-electron chi connectivity index (χ2n) is 5.08. The van der Waals surface area contributed by atoms with Crippen LogP contribution in [-0.4, -0.2) is 31.1 Å². The van der Waals surface area contributed by atoms with Crippen LogP contribution in [0.1, 0.15) is 42.8 Å². The number of hydrogen-bond donors (Lipinski definition) is 1. The maximum atomic E-state index is 11.6. The van der Waals surface area contributed by atoms with E-state index in [1.807, 2.05) is 20.8 Å². The third kappa shape index (κ3) is 2.92. The molecule has 18 heavy (non-hydrogen) atoms. The van der Waals surface area contributed by atoms with Crippen LogP contribution in [0.25, 0.3) is 0 Å². The number of sulfone groups is 1. The van der Waals surface area contributed by atoms with Crippen molar-refractivity contribution in [1.82, 2.24) is 10.5 Å². The number of rotatable bonds is 3. The van der Waals surface area contributed by atoms with Gasteiger partial charge in [0.25, 0.3) is 0 Å². The molecule has 2 heterocycles. The van der Waals surface area contributed by atoms with E-state index in [-0.39, 0.29) is 17.8 Å². The minimum atomic E-state index is -2.87. The fraction of sp³-hybridized carbons (Fsp3) is 0.750. The van der Waals surface area contributed by atoms with Crippen LogP contribution in [0.15, 0.2) is 4.52 Å². The highest BCUT2D eigenvalue weighted by Crippen LogP contribution is 2.23. The standard InChI is InChI=1S/C12H20N2O3S/c1-8(12-9(2)14-17-10(12)3)13-11-5-4-6-18(15,16)7-11/h8,11,13H,4-7H2,1-3H3. The van der Waals surface area contributed by atoms with Gasteiger partial charge < -0.3 is 9.84 Å². The Morgan fingerprint density at radius 1 is 1.44 bits per heavy atom. The van der Waals surface area contributed by atoms with Gasteiger partial charge in [-0.2, -0.15) is 0 Å². The number of nitrogens with zero attached hydrogens (tertiary/aromatic N) is 1. The monoisotopic (exact) mass is 272 g/mol. The molecule has 1 N–H and O–H groups in total. The zero-order chi connectivity index (χ0) is 13.3. The molecule has 2 unspecified atom stereocenters. The summed E-state index contributed by atoms with van der Waals surface area (Å²) in [7, 11) is -2.87. The highest BCUT2D eigenvalue weighted by atomic mass is 32.2. The molecule has 1 saturated heterocycles. The predicted octanol–water partition coefficient (Wildman–Crippen LogP) is 1.52. The van der Waals surface area contributed by atoms with Crippen molar-refractivity contribution in [3.05, 3.63) is 17.0 Å². The topological polar surface area (TPSA) is 72.2 Å². The van der Waals surface area contributed by atoms with Crippen molar-refractivity contribution in [1.29, 1.82) is 0 Å². The molecule has 0 saturated carbocycles. The molecule has 0 amide bonds. The molecule has 1 fully saturated rings. The third-order valence-electron chi connectivity index (χ3n) is 3.47. The molecule has 1 aromatic heterocycles. The van der Waals surface area contributed by atoms with Crippen molar-refractivity contribution in [2.75, 3.05) is 11.5 Å². The molecule has 2 atom stereocenters. The first-order valence-electron chi connectivity index (χ1n) is 6.28. The quantitative estimate of drug-likeness (QED) is 0.903. The Morgan fingerprint density at radius 3 is 2.72 bits per heavy atom. The van der Waals surface area contributed by atoms with E-state index in [1.54, 1.807) is 0 Å². The Labute approximate surface area is 108 Å². The summed E-state index contributed by atoms with van der Waals surface area (Å²) in [4.78, 5) is 0. The van der Waals surface area contributed by atoms with Gasteiger partial charge in [-0.05, 0) is 33.6 Å². The van der Waals surface area contributed by atoms with Gasteiger partial charge in [0.2, 0.25) is 0 Å². The molecule has 0 spiro atoms. The molecule has 1 aromatic rings. The van der Waals surface area contributed by atoms with Gasteiger partial charge >= 0.3 is 0 Å². The zero-order valence-electron chi connectivity index (χ0n) is 11.1. The van der Waals surface area contributed by atoms with Crippen molar-refractivity contribution in [2.45, 2.75) is 45.7 Å². The summed E-state index contributed by atoms with van der Waals surface area (Å²) in [6, 6.07) is 0.0991. The normalized spacial score (nSPS) is 24.9. The van der Waals surface area contributed by atoms with Gasteiger partial charge in [0.15, 0.2) is 9.84 Å². The van der Waals surface area contributed by atoms with E-state index in [0.29, 0.717) is 5.75 Å². The van der Waals surface area contributed by atoms with Crippen LogP contribution in [-0.2, 0) is 9.84 Å². The zero-order valence-corrected chi connectivity index (χ0v) is 11.9. The Kier molecular flexibility index (Phi) is 3.77. The van der Waals surface area contributed by atoms with E-state index in [9.17, 15) is 8.42 Å². The van der Waals surface area contributed by atoms with Crippen molar-refractivity contribution >= 4 is 9.84 Å². The van der Waals surface area contributed by atoms with Crippen LogP contribution >= 0.6 is 0 Å². The first-order chi connectivity index (χ1) is 8.39. The second kappa shape index (κ2) is 5.01. The molecule has 6 heteroatoms. The van der Waals surface area contributed by atoms with Crippen molar-refractivity contribution in [2.24, 2.45) is 0 Å². The Balaban J connectivity index is 2.06. The largest absolute Gasteiger partial charge is 0.361 e. The van der Waals surface area contributed by atoms with Crippen molar-refractivity contribution < 1.29 is 12.9 Å². The van der Waals surface area contributed by atoms with E-state index >= 15 is 0 Å². The lowest BCUT2D eigenvalue weighted by atomic mass is 10.0. The van der Waals surface area contributed by atoms with E-state index < -0.39 is 9.84 Å². The van der Waals surface area contributed by atoms with E-state index in [0.717, 1.165) is 29.9 Å². The summed E-state index contributed by atoms with van der Waals surface area (Å²) >= 11 is 0. The Hall–Kier alpha value is -0.880. The summed E-state index contributed by atoms with van der Waals surface area (Å²) < 4.78 is 28.3. The fourth-order valence-electron chi connectivity index (χ4n) is 2.70. The molecule has 5 nitrogen and oxygen atoms in total. The van der Waals surface area contributed by atoms with Gasteiger partial charge in [0, 0.05) is 17.6 Å². The average molecular weight is 272 g/mol. The first-order valence-corrected chi connectivity index (χ1v) is 8.10. The number of aromatic nitrogens is 1. The molecule has 1 aliphatic rings. The fourth-order valence-corrected chi connectivity index (χ4v) is 4.35. The molecular formula is C12H20N2O3S. The molecule has 0 aliphatic carbocycles. The molecule has 1 aliphatic heterocycles. The summed E-state index contributed by atoms with van der Waals surface area (Å²) in [5, 5.41) is 7.30. The number of nitrogens with one attached hydrogen (secondary N) is 1. The molecule has 0 radical (unpaired) electrons. The van der Waals surface area contributed by atoms with Crippen molar-refractivity contribution in [3.63, 3.8) is 0 Å². The Bertz CT molecular complexity index is 502. The average Bonchev–Trinajstić information content (AvgIpc) is 2.57. The van der Waals surface area contributed by atoms with Crippen LogP contribution in [0, 0.1) is 13.8 Å². The lowest BCUT2D eigenvalue weighted by Gasteiger charge is -2.26. The maximum absolute atomic E-state index is 11.6. The highest BCUT2D eigenvalue weighted by Gasteiger charge is 2.27. The third-order valence-corrected chi connectivity index (χ3v) is 5.29. The SMILES string of the molecule is Cc1noc(C)c1C(C)NC1CCCS(=O)(=O)C1. The summed E-state index contributed by atoms with van der Waals surface area (Å²) in [5.41, 5.74) is 1.91. The van der Waals surface area contributed by atoms with E-state index in [1.165, 1.54) is 0 Å². The molecule has 2 rings (SSSR count). The molecule has 0 bridgehead atoms. The minimum absolute atomic E-state index is 0.0347. The van der Waals surface area contributed by atoms with Gasteiger partial charge in [-0.3, -0.25) is 0 Å². The van der Waals surface area contributed by atoms with Crippen LogP contribution in [0.5, 0.6) is 0 Å². The van der Waals surface area contributed by atoms with Gasteiger partial charge in [-0.25, -0.2) is 8.42 Å². The van der Waals surface area contributed by atoms with Crippen LogP contribution in [0.2, 0.25) is 0 Å². The Morgan fingerprint density at radius 2 is 2.17 bits per heavy atom. The summed E-state index contributed by atoms with van der Waals surface area (Å²) in [6.45, 7) is 5.81. The lowest BCUT2D eigenvalue weighted by Crippen LogP contribution is -2.41. The van der Waals surface area contributed by atoms with Crippen LogP contribution in [0.4, 0.5) is 0 Å². The second-order valence-corrected chi connectivity index (χ2v) is 7.31. The lowest BCUT2D eigenvalue weighted by molar-refractivity contribution is 0.388. The molecule has 102 valence electrons. The predicted molar refractivity (Wildman–Crippen MR) is 69.2 cm³/mol. The number of hydrogen-bond acceptors (Lipinski definition) is 5. The molecular weight excluding hydrogens is 252 g/mol. The first kappa shape index (κ1) is 13.5. The summed E-state index contributed by atoms with van der Waals surface area (Å²) in [5.74, 6) is 1.36. The number of aryl methyl sites for hydroxylation is 2. The highest BCUT2D eigenvalue weighted by molar-refractivity contribution is 7.91. The van der Waals surface area contributed by atoms with Gasteiger partial charge in [0.05, 0.1) is 17.2 Å². The van der Waals surface area contributed by atoms with Crippen LogP contribution < -0.4 is 5.32 Å². The van der Waals surface area contributed by atoms with Gasteiger partial charge in [-0.1, -0.05) is 5.16 Å². The van der Waals surface area contributed by atoms with Gasteiger partial charge in [-0.15, -0.1) is 0 Å².